The highest BCUT2D eigenvalue weighted by atomic mass is 16.7. The van der Waals surface area contributed by atoms with Crippen molar-refractivity contribution < 1.29 is 23.9 Å². The molecule has 1 saturated heterocycles. The molecule has 0 unspecified atom stereocenters. The lowest BCUT2D eigenvalue weighted by Crippen LogP contribution is -2.61. The second-order valence-corrected chi connectivity index (χ2v) is 9.27. The summed E-state index contributed by atoms with van der Waals surface area (Å²) in [4.78, 5) is 31.8. The first kappa shape index (κ1) is 22.2. The average Bonchev–Trinajstić information content (AvgIpc) is 2.62. The van der Waals surface area contributed by atoms with E-state index in [0.29, 0.717) is 0 Å². The average molecular weight is 384 g/mol. The second-order valence-electron chi connectivity index (χ2n) is 9.27. The Kier molecular flexibility index (Phi) is 7.31. The van der Waals surface area contributed by atoms with Crippen LogP contribution in [0.5, 0.6) is 0 Å². The van der Waals surface area contributed by atoms with Gasteiger partial charge in [-0.3, -0.25) is 9.63 Å². The van der Waals surface area contributed by atoms with Crippen molar-refractivity contribution in [2.24, 2.45) is 11.8 Å². The summed E-state index contributed by atoms with van der Waals surface area (Å²) >= 11 is 0. The Morgan fingerprint density at radius 1 is 0.852 bits per heavy atom. The van der Waals surface area contributed by atoms with Crippen molar-refractivity contribution in [2.45, 2.75) is 96.2 Å². The van der Waals surface area contributed by atoms with Gasteiger partial charge in [0.1, 0.15) is 0 Å². The lowest BCUT2D eigenvalue weighted by atomic mass is 9.77. The number of ether oxygens (including phenoxy) is 2. The van der Waals surface area contributed by atoms with Gasteiger partial charge in [-0.15, -0.1) is 0 Å². The van der Waals surface area contributed by atoms with E-state index in [2.05, 4.69) is 27.7 Å². The number of piperidine rings is 1. The summed E-state index contributed by atoms with van der Waals surface area (Å²) in [7, 11) is 2.72. The van der Waals surface area contributed by atoms with Crippen molar-refractivity contribution in [3.05, 3.63) is 0 Å². The van der Waals surface area contributed by atoms with Crippen LogP contribution in [0.3, 0.4) is 0 Å². The van der Waals surface area contributed by atoms with Gasteiger partial charge in [0.25, 0.3) is 0 Å². The van der Waals surface area contributed by atoms with Crippen LogP contribution in [0.2, 0.25) is 0 Å². The van der Waals surface area contributed by atoms with Crippen LogP contribution in [0, 0.1) is 11.8 Å². The molecule has 1 aliphatic heterocycles. The summed E-state index contributed by atoms with van der Waals surface area (Å²) in [5.41, 5.74) is -0.470. The van der Waals surface area contributed by atoms with Crippen LogP contribution in [0.1, 0.15) is 79.1 Å². The minimum atomic E-state index is -0.984. The normalized spacial score (nSPS) is 25.4. The van der Waals surface area contributed by atoms with Crippen molar-refractivity contribution in [1.82, 2.24) is 5.06 Å². The zero-order chi connectivity index (χ0) is 20.2. The van der Waals surface area contributed by atoms with Crippen LogP contribution in [0.25, 0.3) is 0 Å². The van der Waals surface area contributed by atoms with Crippen LogP contribution in [-0.2, 0) is 23.9 Å². The van der Waals surface area contributed by atoms with Gasteiger partial charge in [0.15, 0.2) is 6.10 Å². The first-order valence-electron chi connectivity index (χ1n) is 10.3. The SMILES string of the molecule is COC(=O)[C@H](ON1C(C)(C)CCCC1(C)C)[C@@H](C(=O)OC)C1CCCCC1. The fourth-order valence-corrected chi connectivity index (χ4v) is 4.94. The summed E-state index contributed by atoms with van der Waals surface area (Å²) in [6.45, 7) is 8.48. The van der Waals surface area contributed by atoms with Crippen LogP contribution in [0.15, 0.2) is 0 Å². The molecule has 2 aliphatic rings. The summed E-state index contributed by atoms with van der Waals surface area (Å²) in [6, 6.07) is 0. The van der Waals surface area contributed by atoms with Gasteiger partial charge in [0, 0.05) is 11.1 Å². The van der Waals surface area contributed by atoms with E-state index in [1.807, 2.05) is 5.06 Å². The van der Waals surface area contributed by atoms with Crippen molar-refractivity contribution in [3.63, 3.8) is 0 Å². The van der Waals surface area contributed by atoms with Gasteiger partial charge in [0.2, 0.25) is 0 Å². The van der Waals surface area contributed by atoms with E-state index in [0.717, 1.165) is 44.9 Å². The first-order valence-corrected chi connectivity index (χ1v) is 10.3. The lowest BCUT2D eigenvalue weighted by molar-refractivity contribution is -0.311. The third-order valence-electron chi connectivity index (χ3n) is 6.29. The Bertz CT molecular complexity index is 509. The molecule has 0 bridgehead atoms. The van der Waals surface area contributed by atoms with Gasteiger partial charge < -0.3 is 9.47 Å². The number of rotatable bonds is 6. The largest absolute Gasteiger partial charge is 0.469 e. The molecule has 0 radical (unpaired) electrons. The van der Waals surface area contributed by atoms with Crippen LogP contribution in [-0.4, -0.2) is 48.4 Å². The van der Waals surface area contributed by atoms with Crippen molar-refractivity contribution in [3.8, 4) is 0 Å². The fraction of sp³-hybridized carbons (Fsp3) is 0.905. The lowest BCUT2D eigenvalue weighted by Gasteiger charge is -2.52. The van der Waals surface area contributed by atoms with Gasteiger partial charge >= 0.3 is 11.9 Å². The molecule has 156 valence electrons. The number of esters is 2. The Morgan fingerprint density at radius 2 is 1.37 bits per heavy atom. The highest BCUT2D eigenvalue weighted by molar-refractivity contribution is 5.84. The first-order chi connectivity index (χ1) is 12.6. The standard InChI is InChI=1S/C21H37NO5/c1-20(2)13-10-14-21(3,4)22(20)27-17(19(24)26-6)16(18(23)25-5)15-11-8-7-9-12-15/h15-17H,7-14H2,1-6H3/t16-,17+/m0/s1. The molecule has 0 spiro atoms. The Morgan fingerprint density at radius 3 is 1.85 bits per heavy atom. The smallest absolute Gasteiger partial charge is 0.338 e. The molecular weight excluding hydrogens is 346 g/mol. The molecule has 0 aromatic heterocycles. The van der Waals surface area contributed by atoms with Gasteiger partial charge in [0.05, 0.1) is 20.1 Å². The molecule has 0 aromatic carbocycles. The van der Waals surface area contributed by atoms with E-state index in [-0.39, 0.29) is 23.0 Å². The van der Waals surface area contributed by atoms with Crippen LogP contribution < -0.4 is 0 Å². The summed E-state index contributed by atoms with van der Waals surface area (Å²) < 4.78 is 10.1. The Hall–Kier alpha value is -1.14. The van der Waals surface area contributed by atoms with E-state index >= 15 is 0 Å². The maximum Gasteiger partial charge on any atom is 0.338 e. The summed E-state index contributed by atoms with van der Waals surface area (Å²) in [5.74, 6) is -1.46. The number of carbonyl (C=O) groups excluding carboxylic acids is 2. The minimum Gasteiger partial charge on any atom is -0.469 e. The molecule has 0 aromatic rings. The van der Waals surface area contributed by atoms with Crippen molar-refractivity contribution in [2.75, 3.05) is 14.2 Å². The highest BCUT2D eigenvalue weighted by Crippen LogP contribution is 2.41. The molecular formula is C21H37NO5. The molecule has 6 nitrogen and oxygen atoms in total. The maximum absolute atomic E-state index is 12.7. The fourth-order valence-electron chi connectivity index (χ4n) is 4.94. The molecule has 27 heavy (non-hydrogen) atoms. The number of methoxy groups -OCH3 is 2. The highest BCUT2D eigenvalue weighted by Gasteiger charge is 2.49. The third-order valence-corrected chi connectivity index (χ3v) is 6.29. The van der Waals surface area contributed by atoms with E-state index < -0.39 is 18.0 Å². The molecule has 2 atom stereocenters. The molecule has 1 saturated carbocycles. The second kappa shape index (κ2) is 8.91. The van der Waals surface area contributed by atoms with E-state index in [1.165, 1.54) is 20.6 Å². The third kappa shape index (κ3) is 5.02. The van der Waals surface area contributed by atoms with Crippen molar-refractivity contribution in [1.29, 1.82) is 0 Å². The number of nitrogens with zero attached hydrogens (tertiary/aromatic N) is 1. The Labute approximate surface area is 163 Å². The Balaban J connectivity index is 2.36. The molecule has 0 N–H and O–H groups in total. The number of hydrogen-bond acceptors (Lipinski definition) is 6. The van der Waals surface area contributed by atoms with Gasteiger partial charge in [-0.05, 0) is 65.7 Å². The maximum atomic E-state index is 12.7. The summed E-state index contributed by atoms with van der Waals surface area (Å²) in [5, 5.41) is 1.93. The predicted molar refractivity (Wildman–Crippen MR) is 103 cm³/mol. The topological polar surface area (TPSA) is 65.1 Å². The summed E-state index contributed by atoms with van der Waals surface area (Å²) in [6.07, 6.45) is 7.16. The van der Waals surface area contributed by atoms with Gasteiger partial charge in [-0.25, -0.2) is 4.79 Å². The van der Waals surface area contributed by atoms with Crippen LogP contribution in [0.4, 0.5) is 0 Å². The molecule has 2 rings (SSSR count). The van der Waals surface area contributed by atoms with Gasteiger partial charge in [-0.2, -0.15) is 5.06 Å². The molecule has 2 fully saturated rings. The zero-order valence-electron chi connectivity index (χ0n) is 17.9. The molecule has 1 aliphatic carbocycles. The predicted octanol–water partition coefficient (Wildman–Crippen LogP) is 3.87. The number of carbonyl (C=O) groups is 2. The quantitative estimate of drug-likeness (QED) is 0.649. The van der Waals surface area contributed by atoms with E-state index in [9.17, 15) is 9.59 Å². The molecule has 0 amide bonds. The zero-order valence-corrected chi connectivity index (χ0v) is 17.9. The number of hydroxylamine groups is 2. The number of hydrogen-bond donors (Lipinski definition) is 0. The van der Waals surface area contributed by atoms with E-state index in [4.69, 9.17) is 14.3 Å². The van der Waals surface area contributed by atoms with Crippen LogP contribution >= 0.6 is 0 Å². The monoisotopic (exact) mass is 383 g/mol. The molecule has 6 heteroatoms. The molecule has 1 heterocycles. The van der Waals surface area contributed by atoms with Crippen molar-refractivity contribution >= 4 is 11.9 Å². The minimum absolute atomic E-state index is 0.0753. The van der Waals surface area contributed by atoms with Gasteiger partial charge in [-0.1, -0.05) is 19.3 Å². The van der Waals surface area contributed by atoms with E-state index in [1.54, 1.807) is 0 Å².